The molecular formula is C25H31ClF2N6O2. The topological polar surface area (TPSA) is 99.0 Å². The lowest BCUT2D eigenvalue weighted by Crippen LogP contribution is -2.60. The van der Waals surface area contributed by atoms with Crippen LogP contribution in [0, 0.1) is 0 Å². The lowest BCUT2D eigenvalue weighted by atomic mass is 10.0. The minimum atomic E-state index is -2.46. The number of benzene rings is 1. The van der Waals surface area contributed by atoms with Gasteiger partial charge in [0.05, 0.1) is 43.0 Å². The first kappa shape index (κ1) is 26.1. The van der Waals surface area contributed by atoms with E-state index < -0.39 is 18.1 Å². The van der Waals surface area contributed by atoms with Crippen LogP contribution >= 0.6 is 11.6 Å². The van der Waals surface area contributed by atoms with Crippen molar-refractivity contribution >= 4 is 52.1 Å². The molecule has 4 rings (SSSR count). The van der Waals surface area contributed by atoms with Gasteiger partial charge in [-0.2, -0.15) is 0 Å². The average Bonchev–Trinajstić information content (AvgIpc) is 3.37. The van der Waals surface area contributed by atoms with Gasteiger partial charge in [-0.05, 0) is 44.3 Å². The number of rotatable bonds is 8. The molecule has 1 aromatic heterocycles. The molecule has 0 radical (unpaired) electrons. The van der Waals surface area contributed by atoms with Crippen LogP contribution in [0.2, 0.25) is 5.02 Å². The Kier molecular flexibility index (Phi) is 7.67. The Bertz CT molecular complexity index is 1210. The average molecular weight is 521 g/mol. The number of fused-ring (bicyclic) bond motifs is 1. The molecule has 1 amide bonds. The molecule has 1 aromatic carbocycles. The van der Waals surface area contributed by atoms with Crippen LogP contribution < -0.4 is 11.1 Å². The molecule has 1 saturated heterocycles. The monoisotopic (exact) mass is 520 g/mol. The number of aromatic nitrogens is 1. The highest BCUT2D eigenvalue weighted by Crippen LogP contribution is 2.34. The third-order valence-electron chi connectivity index (χ3n) is 6.36. The first-order valence-corrected chi connectivity index (χ1v) is 12.1. The summed E-state index contributed by atoms with van der Waals surface area (Å²) in [6, 6.07) is 2.81. The summed E-state index contributed by atoms with van der Waals surface area (Å²) in [5.41, 5.74) is 7.86. The molecule has 1 fully saturated rings. The predicted octanol–water partition coefficient (Wildman–Crippen LogP) is 3.79. The first-order valence-electron chi connectivity index (χ1n) is 11.7. The number of hydrogen-bond donors (Lipinski definition) is 3. The molecular weight excluding hydrogens is 490 g/mol. The molecule has 0 aliphatic carbocycles. The molecule has 0 saturated carbocycles. The fraction of sp³-hybridized carbons (Fsp3) is 0.440. The largest absolute Gasteiger partial charge is 0.405 e. The molecule has 36 heavy (non-hydrogen) atoms. The second-order valence-corrected chi connectivity index (χ2v) is 9.94. The van der Waals surface area contributed by atoms with Gasteiger partial charge in [0, 0.05) is 34.8 Å². The molecule has 1 atom stereocenters. The number of carbonyl (C=O) groups excluding carboxylic acids is 1. The number of aromatic amines is 1. The minimum Gasteiger partial charge on any atom is -0.405 e. The number of morpholine rings is 1. The van der Waals surface area contributed by atoms with Gasteiger partial charge in [0.25, 0.3) is 6.43 Å². The van der Waals surface area contributed by atoms with E-state index in [0.717, 1.165) is 16.6 Å². The Morgan fingerprint density at radius 1 is 1.47 bits per heavy atom. The Hall–Kier alpha value is -2.95. The van der Waals surface area contributed by atoms with Crippen molar-refractivity contribution in [2.45, 2.75) is 31.9 Å². The number of amides is 1. The summed E-state index contributed by atoms with van der Waals surface area (Å²) in [4.78, 5) is 24.8. The van der Waals surface area contributed by atoms with Gasteiger partial charge < -0.3 is 25.7 Å². The Balaban J connectivity index is 1.61. The maximum atomic E-state index is 13.5. The predicted molar refractivity (Wildman–Crippen MR) is 141 cm³/mol. The smallest absolute Gasteiger partial charge is 0.255 e. The van der Waals surface area contributed by atoms with E-state index in [1.165, 1.54) is 6.20 Å². The number of nitrogens with zero attached hydrogens (tertiary/aromatic N) is 3. The van der Waals surface area contributed by atoms with Gasteiger partial charge in [-0.1, -0.05) is 18.2 Å². The zero-order chi connectivity index (χ0) is 26.0. The molecule has 11 heteroatoms. The van der Waals surface area contributed by atoms with E-state index in [9.17, 15) is 13.6 Å². The van der Waals surface area contributed by atoms with Crippen molar-refractivity contribution < 1.29 is 18.3 Å². The molecule has 3 heterocycles. The standard InChI is InChI=1S/C25H31ClF2N6O2/c1-4-18-16(5-6-29)17-9-15(26)10-19(23(17)31-18)32-24(35)20-13-36-25(2,3)14-34(20)12-22-30-7-8-33(22)11-21(27)28/h4-6,9-10,20-21,31H,1,7-8,11-14,29H2,2-3H3,(H,32,35)/b6-5-/t20-/m0/s1. The minimum absolute atomic E-state index is 0.147. The number of anilines is 1. The zero-order valence-electron chi connectivity index (χ0n) is 20.4. The number of H-pyrrole nitrogens is 1. The summed E-state index contributed by atoms with van der Waals surface area (Å²) in [6.07, 6.45) is 2.38. The van der Waals surface area contributed by atoms with Crippen LogP contribution in [0.5, 0.6) is 0 Å². The lowest BCUT2D eigenvalue weighted by Gasteiger charge is -2.43. The molecule has 0 unspecified atom stereocenters. The van der Waals surface area contributed by atoms with E-state index in [1.807, 2.05) is 18.7 Å². The normalized spacial score (nSPS) is 20.4. The van der Waals surface area contributed by atoms with E-state index in [4.69, 9.17) is 22.1 Å². The van der Waals surface area contributed by atoms with Gasteiger partial charge in [-0.15, -0.1) is 0 Å². The summed E-state index contributed by atoms with van der Waals surface area (Å²) in [5.74, 6) is 0.271. The third kappa shape index (κ3) is 5.55. The highest BCUT2D eigenvalue weighted by Gasteiger charge is 2.39. The lowest BCUT2D eigenvalue weighted by molar-refractivity contribution is -0.141. The van der Waals surface area contributed by atoms with Gasteiger partial charge in [-0.3, -0.25) is 14.7 Å². The van der Waals surface area contributed by atoms with Crippen LogP contribution in [-0.2, 0) is 9.53 Å². The van der Waals surface area contributed by atoms with E-state index in [2.05, 4.69) is 21.9 Å². The van der Waals surface area contributed by atoms with Crippen molar-refractivity contribution in [2.24, 2.45) is 10.7 Å². The van der Waals surface area contributed by atoms with E-state index in [-0.39, 0.29) is 25.6 Å². The molecule has 194 valence electrons. The first-order chi connectivity index (χ1) is 17.1. The molecule has 0 bridgehead atoms. The number of aliphatic imine (C=N–C) groups is 1. The van der Waals surface area contributed by atoms with Crippen molar-refractivity contribution in [3.63, 3.8) is 0 Å². The number of alkyl halides is 2. The van der Waals surface area contributed by atoms with Gasteiger partial charge in [-0.25, -0.2) is 8.78 Å². The summed E-state index contributed by atoms with van der Waals surface area (Å²) >= 11 is 6.39. The van der Waals surface area contributed by atoms with Crippen LogP contribution in [0.3, 0.4) is 0 Å². The van der Waals surface area contributed by atoms with Gasteiger partial charge in [0.2, 0.25) is 5.91 Å². The number of ether oxygens (including phenoxy) is 1. The zero-order valence-corrected chi connectivity index (χ0v) is 21.1. The number of carbonyl (C=O) groups is 1. The number of halogens is 3. The van der Waals surface area contributed by atoms with E-state index in [0.29, 0.717) is 41.7 Å². The Labute approximate surface area is 213 Å². The van der Waals surface area contributed by atoms with Crippen LogP contribution in [0.4, 0.5) is 14.5 Å². The number of hydrogen-bond acceptors (Lipinski definition) is 6. The van der Waals surface area contributed by atoms with Crippen LogP contribution in [0.25, 0.3) is 23.1 Å². The number of nitrogens with one attached hydrogen (secondary N) is 2. The Morgan fingerprint density at radius 2 is 2.25 bits per heavy atom. The van der Waals surface area contributed by atoms with Crippen molar-refractivity contribution in [2.75, 3.05) is 44.6 Å². The fourth-order valence-corrected chi connectivity index (χ4v) is 4.96. The summed E-state index contributed by atoms with van der Waals surface area (Å²) in [6.45, 7) is 9.11. The Morgan fingerprint density at radius 3 is 2.94 bits per heavy atom. The van der Waals surface area contributed by atoms with Crippen LogP contribution in [0.15, 0.2) is 29.9 Å². The molecule has 2 aromatic rings. The van der Waals surface area contributed by atoms with Crippen molar-refractivity contribution in [1.82, 2.24) is 14.8 Å². The quantitative estimate of drug-likeness (QED) is 0.492. The van der Waals surface area contributed by atoms with E-state index >= 15 is 0 Å². The molecule has 2 aliphatic rings. The molecule has 0 spiro atoms. The van der Waals surface area contributed by atoms with Crippen LogP contribution in [0.1, 0.15) is 25.1 Å². The van der Waals surface area contributed by atoms with Crippen molar-refractivity contribution in [1.29, 1.82) is 0 Å². The highest BCUT2D eigenvalue weighted by atomic mass is 35.5. The molecule has 8 nitrogen and oxygen atoms in total. The SMILES string of the molecule is C=Cc1[nH]c2c(NC(=O)[C@@H]3COC(C)(C)CN3CC3=NCCN3CC(F)F)cc(Cl)cc2c1/C=C\N. The maximum absolute atomic E-state index is 13.5. The van der Waals surface area contributed by atoms with Crippen molar-refractivity contribution in [3.8, 4) is 0 Å². The van der Waals surface area contributed by atoms with Crippen molar-refractivity contribution in [3.05, 3.63) is 41.2 Å². The summed E-state index contributed by atoms with van der Waals surface area (Å²) in [7, 11) is 0. The summed E-state index contributed by atoms with van der Waals surface area (Å²) < 4.78 is 32.1. The second kappa shape index (κ2) is 10.6. The highest BCUT2D eigenvalue weighted by molar-refractivity contribution is 6.32. The number of nitrogens with two attached hydrogens (primary N) is 1. The second-order valence-electron chi connectivity index (χ2n) is 9.51. The molecule has 2 aliphatic heterocycles. The van der Waals surface area contributed by atoms with Gasteiger partial charge >= 0.3 is 0 Å². The maximum Gasteiger partial charge on any atom is 0.255 e. The fourth-order valence-electron chi connectivity index (χ4n) is 4.74. The van der Waals surface area contributed by atoms with Gasteiger partial charge in [0.1, 0.15) is 11.9 Å². The van der Waals surface area contributed by atoms with Crippen LogP contribution in [-0.4, -0.2) is 83.9 Å². The summed E-state index contributed by atoms with van der Waals surface area (Å²) in [5, 5.41) is 4.22. The third-order valence-corrected chi connectivity index (χ3v) is 6.58. The van der Waals surface area contributed by atoms with Gasteiger partial charge in [0.15, 0.2) is 0 Å². The molecule has 4 N–H and O–H groups in total. The number of amidine groups is 1. The van der Waals surface area contributed by atoms with E-state index in [1.54, 1.807) is 29.2 Å².